The van der Waals surface area contributed by atoms with Crippen molar-refractivity contribution in [3.63, 3.8) is 0 Å². The van der Waals surface area contributed by atoms with Crippen LogP contribution in [0.15, 0.2) is 18.2 Å². The Kier molecular flexibility index (Phi) is 6.78. The molecule has 0 bridgehead atoms. The fraction of sp³-hybridized carbons (Fsp3) is 0.533. The average molecular weight is 315 g/mol. The van der Waals surface area contributed by atoms with Gasteiger partial charge in [0.25, 0.3) is 0 Å². The normalized spacial score (nSPS) is 11.1. The van der Waals surface area contributed by atoms with Crippen molar-refractivity contribution in [3.8, 4) is 5.75 Å². The number of amides is 2. The van der Waals surface area contributed by atoms with Gasteiger partial charge in [0.05, 0.1) is 12.7 Å². The predicted octanol–water partition coefficient (Wildman–Crippen LogP) is 2.70. The highest BCUT2D eigenvalue weighted by atomic mass is 35.5. The van der Waals surface area contributed by atoms with Crippen LogP contribution >= 0.6 is 11.6 Å². The van der Waals surface area contributed by atoms with Gasteiger partial charge in [-0.25, -0.2) is 4.79 Å². The molecule has 0 fully saturated rings. The minimum atomic E-state index is -0.852. The van der Waals surface area contributed by atoms with Gasteiger partial charge in [0.2, 0.25) is 0 Å². The lowest BCUT2D eigenvalue weighted by molar-refractivity contribution is 0.0349. The smallest absolute Gasteiger partial charge is 0.315 e. The summed E-state index contributed by atoms with van der Waals surface area (Å²) in [7, 11) is 1.55. The van der Waals surface area contributed by atoms with E-state index in [1.807, 2.05) is 13.8 Å². The Morgan fingerprint density at radius 3 is 2.57 bits per heavy atom. The highest BCUT2D eigenvalue weighted by Gasteiger charge is 2.22. The van der Waals surface area contributed by atoms with Gasteiger partial charge in [-0.15, -0.1) is 0 Å². The number of nitrogens with one attached hydrogen (secondary N) is 2. The van der Waals surface area contributed by atoms with Gasteiger partial charge in [-0.1, -0.05) is 31.5 Å². The van der Waals surface area contributed by atoms with Crippen molar-refractivity contribution >= 4 is 17.6 Å². The predicted molar refractivity (Wildman–Crippen MR) is 83.8 cm³/mol. The maximum absolute atomic E-state index is 11.8. The van der Waals surface area contributed by atoms with Crippen LogP contribution in [-0.2, 0) is 6.54 Å². The van der Waals surface area contributed by atoms with Crippen LogP contribution in [0.2, 0.25) is 5.02 Å². The number of urea groups is 1. The van der Waals surface area contributed by atoms with Gasteiger partial charge in [0.15, 0.2) is 0 Å². The Hall–Kier alpha value is -1.46. The zero-order chi connectivity index (χ0) is 15.9. The number of carbonyl (C=O) groups excluding carboxylic acids is 1. The van der Waals surface area contributed by atoms with E-state index in [1.165, 1.54) is 0 Å². The average Bonchev–Trinajstić information content (AvgIpc) is 2.51. The Morgan fingerprint density at radius 2 is 2.00 bits per heavy atom. The summed E-state index contributed by atoms with van der Waals surface area (Å²) in [5.41, 5.74) is -0.0201. The van der Waals surface area contributed by atoms with E-state index in [-0.39, 0.29) is 12.6 Å². The molecule has 118 valence electrons. The first-order valence-corrected chi connectivity index (χ1v) is 7.38. The summed E-state index contributed by atoms with van der Waals surface area (Å²) in [5, 5.41) is 16.1. The topological polar surface area (TPSA) is 70.6 Å². The van der Waals surface area contributed by atoms with E-state index in [4.69, 9.17) is 16.3 Å². The summed E-state index contributed by atoms with van der Waals surface area (Å²) >= 11 is 5.88. The second kappa shape index (κ2) is 8.10. The molecule has 1 rings (SSSR count). The van der Waals surface area contributed by atoms with Crippen LogP contribution in [0.4, 0.5) is 4.79 Å². The van der Waals surface area contributed by atoms with Crippen molar-refractivity contribution in [2.45, 2.75) is 38.8 Å². The third kappa shape index (κ3) is 5.44. The molecule has 0 aliphatic rings. The van der Waals surface area contributed by atoms with Crippen molar-refractivity contribution in [1.29, 1.82) is 0 Å². The summed E-state index contributed by atoms with van der Waals surface area (Å²) in [6, 6.07) is 4.91. The molecule has 1 aromatic carbocycles. The standard InChI is InChI=1S/C15H23ClN2O3/c1-4-15(20,5-2)10-18-14(19)17-9-11-6-7-12(16)8-13(11)21-3/h6-8,20H,4-5,9-10H2,1-3H3,(H2,17,18,19). The van der Waals surface area contributed by atoms with Gasteiger partial charge in [-0.3, -0.25) is 0 Å². The van der Waals surface area contributed by atoms with Gasteiger partial charge in [-0.05, 0) is 25.0 Å². The minimum absolute atomic E-state index is 0.226. The Morgan fingerprint density at radius 1 is 1.33 bits per heavy atom. The summed E-state index contributed by atoms with van der Waals surface area (Å²) in [4.78, 5) is 11.8. The number of halogens is 1. The molecular formula is C15H23ClN2O3. The second-order valence-electron chi connectivity index (χ2n) is 4.92. The lowest BCUT2D eigenvalue weighted by Crippen LogP contribution is -2.45. The maximum atomic E-state index is 11.8. The number of rotatable bonds is 7. The van der Waals surface area contributed by atoms with Crippen LogP contribution in [0.3, 0.4) is 0 Å². The molecule has 0 saturated carbocycles. The van der Waals surface area contributed by atoms with Gasteiger partial charge in [0, 0.05) is 23.7 Å². The fourth-order valence-corrected chi connectivity index (χ4v) is 2.01. The molecule has 6 heteroatoms. The van der Waals surface area contributed by atoms with E-state index in [0.717, 1.165) is 5.56 Å². The van der Waals surface area contributed by atoms with Crippen molar-refractivity contribution in [2.24, 2.45) is 0 Å². The monoisotopic (exact) mass is 314 g/mol. The molecule has 2 amide bonds. The van der Waals surface area contributed by atoms with Crippen molar-refractivity contribution in [2.75, 3.05) is 13.7 Å². The summed E-state index contributed by atoms with van der Waals surface area (Å²) in [5.74, 6) is 0.626. The molecule has 0 heterocycles. The molecule has 0 aromatic heterocycles. The molecule has 1 aromatic rings. The minimum Gasteiger partial charge on any atom is -0.496 e. The van der Waals surface area contributed by atoms with Crippen molar-refractivity contribution in [1.82, 2.24) is 10.6 Å². The van der Waals surface area contributed by atoms with E-state index in [1.54, 1.807) is 25.3 Å². The van der Waals surface area contributed by atoms with E-state index in [0.29, 0.717) is 30.2 Å². The van der Waals surface area contributed by atoms with Gasteiger partial charge < -0.3 is 20.5 Å². The maximum Gasteiger partial charge on any atom is 0.315 e. The van der Waals surface area contributed by atoms with Gasteiger partial charge in [-0.2, -0.15) is 0 Å². The molecule has 5 nitrogen and oxygen atoms in total. The zero-order valence-electron chi connectivity index (χ0n) is 12.7. The van der Waals surface area contributed by atoms with Crippen molar-refractivity contribution < 1.29 is 14.6 Å². The SMILES string of the molecule is CCC(O)(CC)CNC(=O)NCc1ccc(Cl)cc1OC. The lowest BCUT2D eigenvalue weighted by atomic mass is 9.98. The molecule has 21 heavy (non-hydrogen) atoms. The van der Waals surface area contributed by atoms with Crippen LogP contribution in [0.1, 0.15) is 32.3 Å². The van der Waals surface area contributed by atoms with E-state index < -0.39 is 5.60 Å². The first kappa shape index (κ1) is 17.6. The third-order valence-corrected chi connectivity index (χ3v) is 3.82. The number of hydrogen-bond acceptors (Lipinski definition) is 3. The third-order valence-electron chi connectivity index (χ3n) is 3.58. The summed E-state index contributed by atoms with van der Waals surface area (Å²) in [6.45, 7) is 4.33. The van der Waals surface area contributed by atoms with Gasteiger partial charge in [0.1, 0.15) is 5.75 Å². The summed E-state index contributed by atoms with van der Waals surface area (Å²) < 4.78 is 5.21. The molecule has 3 N–H and O–H groups in total. The van der Waals surface area contributed by atoms with Crippen LogP contribution in [0.25, 0.3) is 0 Å². The van der Waals surface area contributed by atoms with Crippen LogP contribution in [-0.4, -0.2) is 30.4 Å². The first-order chi connectivity index (χ1) is 9.94. The van der Waals surface area contributed by atoms with Crippen LogP contribution < -0.4 is 15.4 Å². The van der Waals surface area contributed by atoms with Crippen LogP contribution in [0, 0.1) is 0 Å². The Bertz CT molecular complexity index is 476. The van der Waals surface area contributed by atoms with E-state index >= 15 is 0 Å². The van der Waals surface area contributed by atoms with Crippen molar-refractivity contribution in [3.05, 3.63) is 28.8 Å². The molecule has 0 saturated heterocycles. The largest absolute Gasteiger partial charge is 0.496 e. The highest BCUT2D eigenvalue weighted by molar-refractivity contribution is 6.30. The van der Waals surface area contributed by atoms with Gasteiger partial charge >= 0.3 is 6.03 Å². The van der Waals surface area contributed by atoms with E-state index in [9.17, 15) is 9.90 Å². The molecule has 0 atom stereocenters. The molecule has 0 spiro atoms. The quantitative estimate of drug-likeness (QED) is 0.724. The highest BCUT2D eigenvalue weighted by Crippen LogP contribution is 2.22. The molecule has 0 aliphatic heterocycles. The number of aliphatic hydroxyl groups is 1. The fourth-order valence-electron chi connectivity index (χ4n) is 1.85. The number of methoxy groups -OCH3 is 1. The number of ether oxygens (including phenoxy) is 1. The first-order valence-electron chi connectivity index (χ1n) is 7.00. The molecule has 0 radical (unpaired) electrons. The Balaban J connectivity index is 2.50. The second-order valence-corrected chi connectivity index (χ2v) is 5.36. The molecule has 0 unspecified atom stereocenters. The number of carbonyl (C=O) groups is 1. The lowest BCUT2D eigenvalue weighted by Gasteiger charge is -2.25. The molecule has 0 aliphatic carbocycles. The number of hydrogen-bond donors (Lipinski definition) is 3. The summed E-state index contributed by atoms with van der Waals surface area (Å²) in [6.07, 6.45) is 1.18. The molecular weight excluding hydrogens is 292 g/mol. The zero-order valence-corrected chi connectivity index (χ0v) is 13.5. The van der Waals surface area contributed by atoms with E-state index in [2.05, 4.69) is 10.6 Å². The number of benzene rings is 1. The Labute approximate surface area is 130 Å². The van der Waals surface area contributed by atoms with Crippen LogP contribution in [0.5, 0.6) is 5.75 Å².